The number of nitrogens with one attached hydrogen (secondary N) is 1. The Balaban J connectivity index is 1.18. The lowest BCUT2D eigenvalue weighted by Crippen LogP contribution is -2.11. The Labute approximate surface area is 372 Å². The van der Waals surface area contributed by atoms with Gasteiger partial charge in [-0.05, 0) is 104 Å². The van der Waals surface area contributed by atoms with Gasteiger partial charge in [-0.3, -0.25) is 5.43 Å². The van der Waals surface area contributed by atoms with Gasteiger partial charge in [-0.1, -0.05) is 60.9 Å². The van der Waals surface area contributed by atoms with Crippen molar-refractivity contribution < 1.29 is 57.2 Å². The van der Waals surface area contributed by atoms with E-state index in [2.05, 4.69) is 28.7 Å². The lowest BCUT2D eigenvalue weighted by atomic mass is 10.1. The highest BCUT2D eigenvalue weighted by molar-refractivity contribution is 7.22. The fourth-order valence-corrected chi connectivity index (χ4v) is 6.10. The monoisotopic (exact) mass is 885 g/mol. The van der Waals surface area contributed by atoms with Gasteiger partial charge in [0.25, 0.3) is 0 Å². The molecule has 5 aromatic rings. The molecule has 0 saturated carbocycles. The van der Waals surface area contributed by atoms with Crippen molar-refractivity contribution in [1.29, 1.82) is 0 Å². The predicted octanol–water partition coefficient (Wildman–Crippen LogP) is 8.31. The van der Waals surface area contributed by atoms with Gasteiger partial charge in [-0.25, -0.2) is 33.8 Å². The molecule has 0 saturated heterocycles. The van der Waals surface area contributed by atoms with Gasteiger partial charge in [-0.15, -0.1) is 0 Å². The number of thiazole rings is 1. The number of hydrogen-bond acceptors (Lipinski definition) is 16. The molecule has 0 spiro atoms. The van der Waals surface area contributed by atoms with Gasteiger partial charge >= 0.3 is 35.8 Å². The molecule has 0 aliphatic carbocycles. The van der Waals surface area contributed by atoms with Gasteiger partial charge in [0.1, 0.15) is 11.5 Å². The second kappa shape index (κ2) is 25.1. The van der Waals surface area contributed by atoms with E-state index in [9.17, 15) is 28.8 Å². The number of carbonyl (C=O) groups is 6. The van der Waals surface area contributed by atoms with Gasteiger partial charge in [0.15, 0.2) is 0 Å². The third kappa shape index (κ3) is 15.8. The van der Waals surface area contributed by atoms with E-state index in [1.54, 1.807) is 60.7 Å². The van der Waals surface area contributed by atoms with Crippen LogP contribution in [0.3, 0.4) is 0 Å². The van der Waals surface area contributed by atoms with Crippen LogP contribution in [0.5, 0.6) is 11.5 Å². The molecular formula is C48H43N3O12S. The Morgan fingerprint density at radius 3 is 1.62 bits per heavy atom. The Kier molecular flexibility index (Phi) is 18.4. The summed E-state index contributed by atoms with van der Waals surface area (Å²) in [5, 5.41) is 4.83. The van der Waals surface area contributed by atoms with E-state index in [4.69, 9.17) is 28.4 Å². The first-order valence-electron chi connectivity index (χ1n) is 19.8. The summed E-state index contributed by atoms with van der Waals surface area (Å²) in [5.41, 5.74) is 5.71. The molecule has 64 heavy (non-hydrogen) atoms. The van der Waals surface area contributed by atoms with Crippen LogP contribution in [0.25, 0.3) is 22.4 Å². The van der Waals surface area contributed by atoms with Crippen LogP contribution in [0, 0.1) is 0 Å². The van der Waals surface area contributed by atoms with Crippen molar-refractivity contribution in [1.82, 2.24) is 4.98 Å². The van der Waals surface area contributed by atoms with Gasteiger partial charge in [0, 0.05) is 29.9 Å². The molecule has 1 heterocycles. The van der Waals surface area contributed by atoms with Crippen LogP contribution in [0.4, 0.5) is 5.13 Å². The number of esters is 6. The van der Waals surface area contributed by atoms with Crippen LogP contribution in [0.1, 0.15) is 63.1 Å². The summed E-state index contributed by atoms with van der Waals surface area (Å²) in [6, 6.07) is 24.8. The van der Waals surface area contributed by atoms with Crippen LogP contribution in [0.2, 0.25) is 0 Å². The lowest BCUT2D eigenvalue weighted by molar-refractivity contribution is -0.140. The Morgan fingerprint density at radius 1 is 0.609 bits per heavy atom. The Morgan fingerprint density at radius 2 is 1.11 bits per heavy atom. The number of para-hydroxylation sites is 1. The minimum Gasteiger partial charge on any atom is -0.463 e. The zero-order chi connectivity index (χ0) is 45.5. The van der Waals surface area contributed by atoms with Crippen LogP contribution in [-0.4, -0.2) is 73.4 Å². The Bertz CT molecular complexity index is 2510. The number of hydrogen-bond donors (Lipinski definition) is 1. The molecule has 0 fully saturated rings. The van der Waals surface area contributed by atoms with Gasteiger partial charge in [0.05, 0.1) is 54.0 Å². The molecule has 0 amide bonds. The summed E-state index contributed by atoms with van der Waals surface area (Å²) in [4.78, 5) is 77.4. The number of hydrazone groups is 1. The zero-order valence-electron chi connectivity index (χ0n) is 34.5. The van der Waals surface area contributed by atoms with Crippen LogP contribution < -0.4 is 14.9 Å². The van der Waals surface area contributed by atoms with E-state index in [0.29, 0.717) is 47.5 Å². The highest BCUT2D eigenvalue weighted by atomic mass is 32.1. The number of benzene rings is 4. The maximum absolute atomic E-state index is 13.3. The fraction of sp³-hybridized carbons (Fsp3) is 0.167. The topological polar surface area (TPSA) is 195 Å². The van der Waals surface area contributed by atoms with Crippen LogP contribution >= 0.6 is 11.3 Å². The van der Waals surface area contributed by atoms with E-state index in [1.807, 2.05) is 24.3 Å². The summed E-state index contributed by atoms with van der Waals surface area (Å²) in [6.45, 7) is 7.38. The maximum atomic E-state index is 13.3. The molecule has 0 radical (unpaired) electrons. The molecule has 15 nitrogen and oxygen atoms in total. The minimum atomic E-state index is -0.682. The molecule has 0 atom stereocenters. The van der Waals surface area contributed by atoms with E-state index in [0.717, 1.165) is 22.4 Å². The number of fused-ring (bicyclic) bond motifs is 1. The second-order valence-electron chi connectivity index (χ2n) is 13.2. The van der Waals surface area contributed by atoms with Gasteiger partial charge in [0.2, 0.25) is 5.13 Å². The van der Waals surface area contributed by atoms with Crippen molar-refractivity contribution in [2.75, 3.05) is 31.9 Å². The minimum absolute atomic E-state index is 0.119. The largest absolute Gasteiger partial charge is 0.463 e. The Hall–Kier alpha value is -7.98. The molecule has 0 bridgehead atoms. The number of anilines is 1. The van der Waals surface area contributed by atoms with Gasteiger partial charge in [-0.2, -0.15) is 5.10 Å². The molecule has 4 aromatic carbocycles. The second-order valence-corrected chi connectivity index (χ2v) is 14.3. The van der Waals surface area contributed by atoms with E-state index >= 15 is 0 Å². The summed E-state index contributed by atoms with van der Waals surface area (Å²) >= 11 is 1.40. The predicted molar refractivity (Wildman–Crippen MR) is 241 cm³/mol. The average molecular weight is 886 g/mol. The number of rotatable bonds is 23. The van der Waals surface area contributed by atoms with E-state index in [1.165, 1.54) is 47.9 Å². The van der Waals surface area contributed by atoms with Crippen molar-refractivity contribution in [3.8, 4) is 11.5 Å². The van der Waals surface area contributed by atoms with Crippen molar-refractivity contribution in [3.05, 3.63) is 156 Å². The zero-order valence-corrected chi connectivity index (χ0v) is 35.3. The fourth-order valence-electron chi connectivity index (χ4n) is 5.29. The molecule has 328 valence electrons. The number of ether oxygens (including phenoxy) is 6. The van der Waals surface area contributed by atoms with Gasteiger partial charge < -0.3 is 28.4 Å². The third-order valence-electron chi connectivity index (χ3n) is 8.56. The molecule has 5 rings (SSSR count). The molecular weight excluding hydrogens is 843 g/mol. The standard InChI is InChI=1S/C48H43N3O12S/c1-3-42(52)58-27-7-9-29-60-44(54)25-17-33-13-19-35(20-14-33)46(56)62-38-23-24-40(37(31-38)32-49-51-48-50-39-11-5-6-12-41(39)64-48)63-47(57)36-21-15-34(16-22-36)18-26-45(55)61-30-10-8-28-59-43(53)4-2/h3-6,11-26,31-32H,1-2,7-10,27-30H2,(H,50,51)/b25-17+,26-18+,49-32+. The summed E-state index contributed by atoms with van der Waals surface area (Å²) in [5.74, 6) is -3.20. The normalized spacial score (nSPS) is 11.0. The number of carbonyl (C=O) groups excluding carboxylic acids is 6. The molecule has 0 aliphatic rings. The average Bonchev–Trinajstić information content (AvgIpc) is 3.73. The maximum Gasteiger partial charge on any atom is 0.343 e. The lowest BCUT2D eigenvalue weighted by Gasteiger charge is -2.10. The summed E-state index contributed by atoms with van der Waals surface area (Å²) < 4.78 is 32.5. The molecule has 16 heteroatoms. The molecule has 0 aliphatic heterocycles. The van der Waals surface area contributed by atoms with E-state index < -0.39 is 35.8 Å². The molecule has 1 N–H and O–H groups in total. The number of aromatic nitrogens is 1. The van der Waals surface area contributed by atoms with Crippen LogP contribution in [0.15, 0.2) is 134 Å². The molecule has 0 unspecified atom stereocenters. The highest BCUT2D eigenvalue weighted by Crippen LogP contribution is 2.27. The van der Waals surface area contributed by atoms with Crippen molar-refractivity contribution in [2.45, 2.75) is 25.7 Å². The summed E-state index contributed by atoms with van der Waals surface area (Å²) in [7, 11) is 0. The van der Waals surface area contributed by atoms with Crippen molar-refractivity contribution >= 4 is 80.9 Å². The number of unbranched alkanes of at least 4 members (excludes halogenated alkanes) is 2. The number of nitrogens with zero attached hydrogens (tertiary/aromatic N) is 2. The van der Waals surface area contributed by atoms with Crippen molar-refractivity contribution in [3.63, 3.8) is 0 Å². The molecule has 1 aromatic heterocycles. The summed E-state index contributed by atoms with van der Waals surface area (Å²) in [6.07, 6.45) is 11.3. The van der Waals surface area contributed by atoms with Crippen molar-refractivity contribution in [2.24, 2.45) is 5.10 Å². The van der Waals surface area contributed by atoms with Crippen LogP contribution in [-0.2, 0) is 38.1 Å². The smallest absolute Gasteiger partial charge is 0.343 e. The highest BCUT2D eigenvalue weighted by Gasteiger charge is 2.15. The van der Waals surface area contributed by atoms with E-state index in [-0.39, 0.29) is 49.1 Å². The first-order valence-corrected chi connectivity index (χ1v) is 20.6. The SMILES string of the molecule is C=CC(=O)OCCCCOC(=O)/C=C/c1ccc(C(=O)Oc2ccc(OC(=O)c3ccc(/C=C/C(=O)OCCCCOC(=O)C=C)cc3)c(/C=N/Nc3nc4ccccc4s3)c2)cc1. The third-order valence-corrected chi connectivity index (χ3v) is 9.50. The first kappa shape index (κ1) is 47.1. The first-order chi connectivity index (χ1) is 31.1. The quantitative estimate of drug-likeness (QED) is 0.0125.